The first-order valence-corrected chi connectivity index (χ1v) is 1.50. The van der Waals surface area contributed by atoms with Crippen LogP contribution in [0.3, 0.4) is 0 Å². The van der Waals surface area contributed by atoms with E-state index >= 15 is 0 Å². The highest BCUT2D eigenvalue weighted by molar-refractivity contribution is 7.83. The van der Waals surface area contributed by atoms with E-state index in [1.54, 1.807) is 6.92 Å². The van der Waals surface area contributed by atoms with Crippen LogP contribution in [-0.2, 0) is 0 Å². The van der Waals surface area contributed by atoms with E-state index in [9.17, 15) is 0 Å². The van der Waals surface area contributed by atoms with Crippen molar-refractivity contribution in [3.8, 4) is 0 Å². The van der Waals surface area contributed by atoms with Gasteiger partial charge in [-0.3, -0.25) is 0 Å². The molecule has 0 rings (SSSR count). The molecular formula is C3H4S+. The molecule has 0 fully saturated rings. The highest BCUT2D eigenvalue weighted by Crippen LogP contribution is 1.67. The molecule has 1 radical (unpaired) electrons. The summed E-state index contributed by atoms with van der Waals surface area (Å²) in [5, 5.41) is 1.46. The lowest BCUT2D eigenvalue weighted by molar-refractivity contribution is 1.70. The van der Waals surface area contributed by atoms with Gasteiger partial charge in [-0.05, 0) is 12.6 Å². The zero-order valence-electron chi connectivity index (χ0n) is 2.49. The Kier molecular flexibility index (Phi) is 2.78. The highest BCUT2D eigenvalue weighted by Gasteiger charge is 1.60. The molecule has 0 nitrogen and oxygen atoms in total. The smallest absolute Gasteiger partial charge is 0.0279 e. The molecule has 0 aliphatic heterocycles. The summed E-state index contributed by atoms with van der Waals surface area (Å²) in [4.78, 5) is 0. The summed E-state index contributed by atoms with van der Waals surface area (Å²) in [5.41, 5.74) is 0. The van der Waals surface area contributed by atoms with Crippen LogP contribution in [0.2, 0.25) is 0 Å². The third-order valence-electron chi connectivity index (χ3n) is 0.118. The molecule has 0 aliphatic rings. The number of hydrogen-bond donors (Lipinski definition) is 0. The molecule has 4 heavy (non-hydrogen) atoms. The Hall–Kier alpha value is -0.130. The molecule has 0 amide bonds. The van der Waals surface area contributed by atoms with Crippen molar-refractivity contribution in [1.29, 1.82) is 0 Å². The highest BCUT2D eigenvalue weighted by atomic mass is 32.1. The van der Waals surface area contributed by atoms with Crippen LogP contribution in [0.15, 0.2) is 5.41 Å². The normalized spacial score (nSPS) is 7.25. The van der Waals surface area contributed by atoms with Crippen LogP contribution in [0.4, 0.5) is 0 Å². The fraction of sp³-hybridized carbons (Fsp3) is 0.333. The molecule has 0 unspecified atom stereocenters. The van der Waals surface area contributed by atoms with Crippen LogP contribution in [0.1, 0.15) is 6.92 Å². The molecule has 0 aromatic heterocycles. The first kappa shape index (κ1) is 3.87. The zero-order chi connectivity index (χ0) is 3.41. The summed E-state index contributed by atoms with van der Waals surface area (Å²) in [6.07, 6.45) is 2.62. The van der Waals surface area contributed by atoms with Gasteiger partial charge in [-0.25, -0.2) is 0 Å². The maximum atomic E-state index is 4.32. The van der Waals surface area contributed by atoms with E-state index in [0.717, 1.165) is 0 Å². The van der Waals surface area contributed by atoms with Gasteiger partial charge in [0.05, 0.1) is 0 Å². The standard InChI is InChI=1S/C3H4S/c1-2-3-4/h3H,1H3/q+1. The van der Waals surface area contributed by atoms with E-state index in [1.165, 1.54) is 5.41 Å². The average Bonchev–Trinajstić information content (AvgIpc) is 1.37. The minimum absolute atomic E-state index is 1.46. The number of rotatable bonds is 0. The SMILES string of the molecule is C[C+]=C[S]. The molecule has 21 valence electrons. The van der Waals surface area contributed by atoms with Crippen LogP contribution in [0, 0.1) is 6.08 Å². The number of allylic oxidation sites excluding steroid dienone is 1. The maximum absolute atomic E-state index is 4.32. The minimum atomic E-state index is 1.46. The first-order chi connectivity index (χ1) is 1.91. The first-order valence-electron chi connectivity index (χ1n) is 1.02. The summed E-state index contributed by atoms with van der Waals surface area (Å²) in [6.45, 7) is 1.77. The predicted molar refractivity (Wildman–Crippen MR) is 21.1 cm³/mol. The second-order valence-corrected chi connectivity index (χ2v) is 0.642. The van der Waals surface area contributed by atoms with Gasteiger partial charge in [0, 0.05) is 0 Å². The van der Waals surface area contributed by atoms with E-state index in [0.29, 0.717) is 0 Å². The lowest BCUT2D eigenvalue weighted by atomic mass is 10.8. The molecule has 0 N–H and O–H groups in total. The van der Waals surface area contributed by atoms with Gasteiger partial charge in [0.25, 0.3) is 0 Å². The summed E-state index contributed by atoms with van der Waals surface area (Å²) >= 11 is 4.32. The molecule has 0 bridgehead atoms. The lowest BCUT2D eigenvalue weighted by Crippen LogP contribution is -1.23. The van der Waals surface area contributed by atoms with Gasteiger partial charge < -0.3 is 0 Å². The minimum Gasteiger partial charge on any atom is -0.0279 e. The fourth-order valence-corrected chi connectivity index (χ4v) is 0. The van der Waals surface area contributed by atoms with Crippen LogP contribution in [0.25, 0.3) is 0 Å². The van der Waals surface area contributed by atoms with E-state index in [-0.39, 0.29) is 0 Å². The summed E-state index contributed by atoms with van der Waals surface area (Å²) in [5.74, 6) is 0. The topological polar surface area (TPSA) is 0 Å². The van der Waals surface area contributed by atoms with Crippen LogP contribution < -0.4 is 0 Å². The summed E-state index contributed by atoms with van der Waals surface area (Å²) in [7, 11) is 0. The third-order valence-corrected chi connectivity index (χ3v) is 0.354. The van der Waals surface area contributed by atoms with Gasteiger partial charge >= 0.3 is 0 Å². The Morgan fingerprint density at radius 3 is 2.25 bits per heavy atom. The molecule has 0 atom stereocenters. The monoisotopic (exact) mass is 72.0 g/mol. The van der Waals surface area contributed by atoms with Crippen molar-refractivity contribution in [1.82, 2.24) is 0 Å². The summed E-state index contributed by atoms with van der Waals surface area (Å²) in [6, 6.07) is 0. The van der Waals surface area contributed by atoms with Gasteiger partial charge in [0.15, 0.2) is 6.92 Å². The largest absolute Gasteiger partial charge is 0.239 e. The molecule has 0 saturated heterocycles. The van der Waals surface area contributed by atoms with E-state index in [1.807, 2.05) is 0 Å². The van der Waals surface area contributed by atoms with Crippen molar-refractivity contribution in [3.05, 3.63) is 11.5 Å². The summed E-state index contributed by atoms with van der Waals surface area (Å²) < 4.78 is 0. The fourth-order valence-electron chi connectivity index (χ4n) is 0. The van der Waals surface area contributed by atoms with Crippen molar-refractivity contribution in [2.45, 2.75) is 6.92 Å². The van der Waals surface area contributed by atoms with Gasteiger partial charge in [0.2, 0.25) is 11.5 Å². The van der Waals surface area contributed by atoms with Gasteiger partial charge in [-0.15, -0.1) is 0 Å². The molecule has 0 spiro atoms. The lowest BCUT2D eigenvalue weighted by Gasteiger charge is -1.24. The molecule has 0 aromatic carbocycles. The van der Waals surface area contributed by atoms with E-state index < -0.39 is 0 Å². The molecule has 1 heteroatoms. The number of hydrogen-bond acceptors (Lipinski definition) is 0. The van der Waals surface area contributed by atoms with Gasteiger partial charge in [-0.2, -0.15) is 0 Å². The average molecular weight is 72.1 g/mol. The zero-order valence-corrected chi connectivity index (χ0v) is 3.30. The van der Waals surface area contributed by atoms with E-state index in [4.69, 9.17) is 0 Å². The quantitative estimate of drug-likeness (QED) is 0.380. The van der Waals surface area contributed by atoms with Crippen molar-refractivity contribution in [2.24, 2.45) is 0 Å². The second-order valence-electron chi connectivity index (χ2n) is 0.407. The van der Waals surface area contributed by atoms with Gasteiger partial charge in [0.1, 0.15) is 0 Å². The Balaban J connectivity index is 2.55. The second kappa shape index (κ2) is 2.87. The molecule has 0 aromatic rings. The van der Waals surface area contributed by atoms with Crippen molar-refractivity contribution in [3.63, 3.8) is 0 Å². The third kappa shape index (κ3) is 1.87. The van der Waals surface area contributed by atoms with Crippen molar-refractivity contribution < 1.29 is 0 Å². The Bertz CT molecular complexity index is 18.5. The Morgan fingerprint density at radius 1 is 2.00 bits per heavy atom. The van der Waals surface area contributed by atoms with Crippen LogP contribution in [-0.4, -0.2) is 0 Å². The Morgan fingerprint density at radius 2 is 2.25 bits per heavy atom. The molecule has 0 heterocycles. The van der Waals surface area contributed by atoms with E-state index in [2.05, 4.69) is 18.7 Å². The molecular weight excluding hydrogens is 68.1 g/mol. The Labute approximate surface area is 31.9 Å². The van der Waals surface area contributed by atoms with Crippen LogP contribution in [0.5, 0.6) is 0 Å². The van der Waals surface area contributed by atoms with Crippen molar-refractivity contribution >= 4 is 12.6 Å². The van der Waals surface area contributed by atoms with Crippen LogP contribution >= 0.6 is 12.6 Å². The maximum Gasteiger partial charge on any atom is 0.239 e. The molecule has 0 saturated carbocycles. The predicted octanol–water partition coefficient (Wildman–Crippen LogP) is 1.52. The molecule has 0 aliphatic carbocycles. The van der Waals surface area contributed by atoms with Gasteiger partial charge in [-0.1, -0.05) is 0 Å². The van der Waals surface area contributed by atoms with Crippen molar-refractivity contribution in [2.75, 3.05) is 0 Å².